The number of methoxy groups -OCH3 is 1. The average molecular weight is 571 g/mol. The second kappa shape index (κ2) is 14.4. The van der Waals surface area contributed by atoms with Crippen LogP contribution in [0.2, 0.25) is 0 Å². The quantitative estimate of drug-likeness (QED) is 0.248. The van der Waals surface area contributed by atoms with Crippen molar-refractivity contribution in [1.29, 1.82) is 0 Å². The van der Waals surface area contributed by atoms with Crippen LogP contribution in [0.4, 0.5) is 4.39 Å². The molecule has 0 saturated carbocycles. The molecule has 0 radical (unpaired) electrons. The zero-order valence-corrected chi connectivity index (χ0v) is 21.9. The van der Waals surface area contributed by atoms with E-state index < -0.39 is 0 Å². The van der Waals surface area contributed by atoms with Crippen LogP contribution in [0.1, 0.15) is 36.1 Å². The molecule has 2 N–H and O–H groups in total. The molecule has 6 nitrogen and oxygen atoms in total. The highest BCUT2D eigenvalue weighted by atomic mass is 127. The third-order valence-corrected chi connectivity index (χ3v) is 5.45. The summed E-state index contributed by atoms with van der Waals surface area (Å²) in [5.41, 5.74) is 3.10. The molecule has 1 aliphatic heterocycles. The van der Waals surface area contributed by atoms with Gasteiger partial charge in [0.1, 0.15) is 11.6 Å². The van der Waals surface area contributed by atoms with Crippen LogP contribution in [0.25, 0.3) is 0 Å². The molecule has 1 saturated heterocycles. The lowest BCUT2D eigenvalue weighted by molar-refractivity contribution is 0.106. The maximum Gasteiger partial charge on any atom is 0.191 e. The summed E-state index contributed by atoms with van der Waals surface area (Å²) < 4.78 is 30.4. The molecule has 0 amide bonds. The van der Waals surface area contributed by atoms with Crippen molar-refractivity contribution in [2.45, 2.75) is 32.9 Å². The molecule has 3 rings (SSSR count). The van der Waals surface area contributed by atoms with Gasteiger partial charge in [-0.25, -0.2) is 9.38 Å². The van der Waals surface area contributed by atoms with Gasteiger partial charge in [0.2, 0.25) is 0 Å². The first-order chi connectivity index (χ1) is 15.6. The Morgan fingerprint density at radius 2 is 2.00 bits per heavy atom. The smallest absolute Gasteiger partial charge is 0.191 e. The van der Waals surface area contributed by atoms with Gasteiger partial charge in [-0.15, -0.1) is 24.0 Å². The fourth-order valence-corrected chi connectivity index (χ4v) is 3.56. The minimum atomic E-state index is -0.261. The predicted molar refractivity (Wildman–Crippen MR) is 140 cm³/mol. The Morgan fingerprint density at radius 3 is 2.67 bits per heavy atom. The Labute approximate surface area is 213 Å². The van der Waals surface area contributed by atoms with E-state index in [1.165, 1.54) is 12.1 Å². The molecule has 1 fully saturated rings. The Bertz CT molecular complexity index is 874. The van der Waals surface area contributed by atoms with Crippen molar-refractivity contribution in [2.75, 3.05) is 40.0 Å². The van der Waals surface area contributed by atoms with Gasteiger partial charge < -0.3 is 24.8 Å². The molecule has 0 aliphatic carbocycles. The topological polar surface area (TPSA) is 64.1 Å². The van der Waals surface area contributed by atoms with E-state index in [2.05, 4.69) is 35.8 Å². The highest BCUT2D eigenvalue weighted by Gasteiger charge is 2.17. The molecule has 1 heterocycles. The number of hydrogen-bond donors (Lipinski definition) is 2. The molecule has 0 spiro atoms. The number of guanidine groups is 1. The minimum Gasteiger partial charge on any atom is -0.493 e. The average Bonchev–Trinajstić information content (AvgIpc) is 3.32. The number of hydrogen-bond acceptors (Lipinski definition) is 4. The van der Waals surface area contributed by atoms with Crippen molar-refractivity contribution in [1.82, 2.24) is 10.6 Å². The van der Waals surface area contributed by atoms with Crippen LogP contribution in [-0.4, -0.2) is 46.0 Å². The molecule has 182 valence electrons. The van der Waals surface area contributed by atoms with Crippen molar-refractivity contribution in [3.8, 4) is 5.75 Å². The zero-order valence-electron chi connectivity index (χ0n) is 19.6. The van der Waals surface area contributed by atoms with Gasteiger partial charge >= 0.3 is 0 Å². The van der Waals surface area contributed by atoms with Gasteiger partial charge in [0.25, 0.3) is 0 Å². The first-order valence-electron chi connectivity index (χ1n) is 11.2. The molecule has 8 heteroatoms. The highest BCUT2D eigenvalue weighted by Crippen LogP contribution is 2.23. The van der Waals surface area contributed by atoms with Crippen LogP contribution in [0.3, 0.4) is 0 Å². The van der Waals surface area contributed by atoms with Gasteiger partial charge in [-0.3, -0.25) is 0 Å². The third-order valence-electron chi connectivity index (χ3n) is 5.45. The van der Waals surface area contributed by atoms with Crippen LogP contribution < -0.4 is 15.4 Å². The Kier molecular flexibility index (Phi) is 11.9. The molecule has 2 unspecified atom stereocenters. The van der Waals surface area contributed by atoms with E-state index in [0.717, 1.165) is 48.6 Å². The summed E-state index contributed by atoms with van der Waals surface area (Å²) in [5, 5.41) is 6.59. The summed E-state index contributed by atoms with van der Waals surface area (Å²) in [6, 6.07) is 12.6. The molecule has 2 atom stereocenters. The van der Waals surface area contributed by atoms with E-state index in [1.54, 1.807) is 19.2 Å². The third kappa shape index (κ3) is 8.75. The number of nitrogens with zero attached hydrogens (tertiary/aromatic N) is 1. The van der Waals surface area contributed by atoms with Gasteiger partial charge in [-0.1, -0.05) is 24.3 Å². The molecule has 0 aromatic heterocycles. The number of aliphatic imine (C=N–C) groups is 1. The number of halogens is 2. The normalized spacial score (nSPS) is 16.7. The molecular formula is C25H35FIN3O3. The van der Waals surface area contributed by atoms with E-state index >= 15 is 0 Å². The van der Waals surface area contributed by atoms with Gasteiger partial charge in [-0.2, -0.15) is 0 Å². The van der Waals surface area contributed by atoms with E-state index in [1.807, 2.05) is 6.92 Å². The number of nitrogens with one attached hydrogen (secondary N) is 2. The monoisotopic (exact) mass is 571 g/mol. The fraction of sp³-hybridized carbons (Fsp3) is 0.480. The van der Waals surface area contributed by atoms with E-state index in [4.69, 9.17) is 19.2 Å². The first kappa shape index (κ1) is 27.3. The summed E-state index contributed by atoms with van der Waals surface area (Å²) in [6.07, 6.45) is 0.828. The van der Waals surface area contributed by atoms with Crippen LogP contribution in [0.5, 0.6) is 5.75 Å². The van der Waals surface area contributed by atoms with Gasteiger partial charge in [0.15, 0.2) is 5.96 Å². The number of benzene rings is 2. The summed E-state index contributed by atoms with van der Waals surface area (Å²) in [7, 11) is 1.64. The molecule has 33 heavy (non-hydrogen) atoms. The van der Waals surface area contributed by atoms with Crippen LogP contribution >= 0.6 is 24.0 Å². The van der Waals surface area contributed by atoms with Gasteiger partial charge in [0, 0.05) is 38.3 Å². The minimum absolute atomic E-state index is 0. The second-order valence-electron chi connectivity index (χ2n) is 8.00. The first-order valence-corrected chi connectivity index (χ1v) is 11.2. The van der Waals surface area contributed by atoms with Crippen molar-refractivity contribution < 1.29 is 18.6 Å². The Balaban J connectivity index is 0.00000385. The van der Waals surface area contributed by atoms with Crippen molar-refractivity contribution >= 4 is 29.9 Å². The predicted octanol–water partition coefficient (Wildman–Crippen LogP) is 4.61. The summed E-state index contributed by atoms with van der Waals surface area (Å²) in [5.74, 6) is 1.75. The molecule has 2 aromatic carbocycles. The van der Waals surface area contributed by atoms with Crippen molar-refractivity contribution in [3.05, 3.63) is 65.0 Å². The van der Waals surface area contributed by atoms with Crippen LogP contribution in [0, 0.1) is 18.7 Å². The highest BCUT2D eigenvalue weighted by molar-refractivity contribution is 14.0. The lowest BCUT2D eigenvalue weighted by Gasteiger charge is -2.19. The largest absolute Gasteiger partial charge is 0.493 e. The van der Waals surface area contributed by atoms with Gasteiger partial charge in [0.05, 0.1) is 25.9 Å². The SMILES string of the molecule is CCNC(=NCc1ccc(C)cc1OCC1CCOC1)NCC(OC)c1ccc(F)cc1.I. The lowest BCUT2D eigenvalue weighted by Crippen LogP contribution is -2.39. The van der Waals surface area contributed by atoms with E-state index in [-0.39, 0.29) is 35.9 Å². The molecule has 0 bridgehead atoms. The van der Waals surface area contributed by atoms with Gasteiger partial charge in [-0.05, 0) is 49.6 Å². The van der Waals surface area contributed by atoms with E-state index in [0.29, 0.717) is 31.6 Å². The van der Waals surface area contributed by atoms with Crippen LogP contribution in [0.15, 0.2) is 47.5 Å². The standard InChI is InChI=1S/C25H34FN3O3.HI/c1-4-27-25(29-15-24(30-3)20-7-9-22(26)10-8-20)28-14-21-6-5-18(2)13-23(21)32-17-19-11-12-31-16-19;/h5-10,13,19,24H,4,11-12,14-17H2,1-3H3,(H2,27,28,29);1H. The van der Waals surface area contributed by atoms with Crippen molar-refractivity contribution in [3.63, 3.8) is 0 Å². The maximum atomic E-state index is 13.2. The summed E-state index contributed by atoms with van der Waals surface area (Å²) in [4.78, 5) is 4.74. The van der Waals surface area contributed by atoms with E-state index in [9.17, 15) is 4.39 Å². The molecular weight excluding hydrogens is 536 g/mol. The molecule has 2 aromatic rings. The van der Waals surface area contributed by atoms with Crippen molar-refractivity contribution in [2.24, 2.45) is 10.9 Å². The zero-order chi connectivity index (χ0) is 22.8. The fourth-order valence-electron chi connectivity index (χ4n) is 3.56. The number of rotatable bonds is 10. The van der Waals surface area contributed by atoms with Crippen LogP contribution in [-0.2, 0) is 16.0 Å². The number of ether oxygens (including phenoxy) is 3. The summed E-state index contributed by atoms with van der Waals surface area (Å²) in [6.45, 7) is 8.05. The lowest BCUT2D eigenvalue weighted by atomic mass is 10.1. The molecule has 1 aliphatic rings. The summed E-state index contributed by atoms with van der Waals surface area (Å²) >= 11 is 0. The maximum absolute atomic E-state index is 13.2. The Morgan fingerprint density at radius 1 is 1.21 bits per heavy atom. The number of aryl methyl sites for hydroxylation is 1. The second-order valence-corrected chi connectivity index (χ2v) is 8.00. The Hall–Kier alpha value is -1.91.